The van der Waals surface area contributed by atoms with Crippen LogP contribution in [0.3, 0.4) is 0 Å². The van der Waals surface area contributed by atoms with Crippen LogP contribution in [-0.4, -0.2) is 18.5 Å². The van der Waals surface area contributed by atoms with E-state index in [1.165, 1.54) is 19.4 Å². The third kappa shape index (κ3) is 2.26. The highest BCUT2D eigenvalue weighted by atomic mass is 15.1. The van der Waals surface area contributed by atoms with Crippen molar-refractivity contribution >= 4 is 0 Å². The molecule has 70 valence electrons. The molecule has 1 aliphatic rings. The minimum absolute atomic E-state index is 0.892. The molecule has 0 N–H and O–H groups in total. The van der Waals surface area contributed by atoms with E-state index in [0.717, 1.165) is 17.8 Å². The topological polar surface area (TPSA) is 3.24 Å². The van der Waals surface area contributed by atoms with E-state index in [2.05, 4.69) is 32.4 Å². The van der Waals surface area contributed by atoms with Gasteiger partial charge in [0, 0.05) is 13.6 Å². The first kappa shape index (κ1) is 9.63. The molecule has 1 fully saturated rings. The highest BCUT2D eigenvalue weighted by molar-refractivity contribution is 4.82. The maximum absolute atomic E-state index is 3.77. The molecule has 3 unspecified atom stereocenters. The number of hydrogen-bond acceptors (Lipinski definition) is 1. The van der Waals surface area contributed by atoms with Gasteiger partial charge in [0.1, 0.15) is 0 Å². The summed E-state index contributed by atoms with van der Waals surface area (Å²) >= 11 is 0. The first-order valence-corrected chi connectivity index (χ1v) is 4.96. The van der Waals surface area contributed by atoms with Gasteiger partial charge in [0.25, 0.3) is 0 Å². The fourth-order valence-electron chi connectivity index (χ4n) is 2.37. The maximum Gasteiger partial charge on any atom is 0.0200 e. The molecule has 0 bridgehead atoms. The zero-order valence-corrected chi connectivity index (χ0v) is 8.59. The molecule has 12 heavy (non-hydrogen) atoms. The van der Waals surface area contributed by atoms with E-state index in [1.54, 1.807) is 0 Å². The summed E-state index contributed by atoms with van der Waals surface area (Å²) < 4.78 is 0. The normalized spacial score (nSPS) is 35.1. The summed E-state index contributed by atoms with van der Waals surface area (Å²) in [7, 11) is 2.11. The zero-order chi connectivity index (χ0) is 9.14. The van der Waals surface area contributed by atoms with Gasteiger partial charge in [-0.2, -0.15) is 0 Å². The van der Waals surface area contributed by atoms with Crippen LogP contribution in [0, 0.1) is 17.8 Å². The van der Waals surface area contributed by atoms with E-state index in [-0.39, 0.29) is 0 Å². The van der Waals surface area contributed by atoms with Crippen LogP contribution in [0.15, 0.2) is 12.8 Å². The van der Waals surface area contributed by atoms with Crippen LogP contribution in [0.25, 0.3) is 0 Å². The van der Waals surface area contributed by atoms with E-state index in [0.29, 0.717) is 0 Å². The van der Waals surface area contributed by atoms with Crippen LogP contribution in [0.5, 0.6) is 0 Å². The van der Waals surface area contributed by atoms with Crippen molar-refractivity contribution in [1.29, 1.82) is 0 Å². The second-order valence-corrected chi connectivity index (χ2v) is 4.44. The molecule has 0 radical (unpaired) electrons. The molecule has 0 heterocycles. The van der Waals surface area contributed by atoms with E-state index < -0.39 is 0 Å². The Labute approximate surface area is 76.5 Å². The minimum atomic E-state index is 0.892. The minimum Gasteiger partial charge on any atom is -0.381 e. The lowest BCUT2D eigenvalue weighted by Gasteiger charge is -2.21. The zero-order valence-electron chi connectivity index (χ0n) is 8.59. The van der Waals surface area contributed by atoms with Crippen LogP contribution >= 0.6 is 0 Å². The standard InChI is InChI=1S/C11H21N/c1-5-12(4)8-11-7-9(2)6-10(11)3/h5,9-11H,1,6-8H2,2-4H3. The Balaban J connectivity index is 2.37. The fourth-order valence-corrected chi connectivity index (χ4v) is 2.37. The summed E-state index contributed by atoms with van der Waals surface area (Å²) in [4.78, 5) is 2.21. The van der Waals surface area contributed by atoms with Gasteiger partial charge < -0.3 is 4.90 Å². The van der Waals surface area contributed by atoms with Crippen molar-refractivity contribution < 1.29 is 0 Å². The van der Waals surface area contributed by atoms with Crippen molar-refractivity contribution in [2.24, 2.45) is 17.8 Å². The highest BCUT2D eigenvalue weighted by Gasteiger charge is 2.28. The van der Waals surface area contributed by atoms with Gasteiger partial charge in [0.15, 0.2) is 0 Å². The molecule has 0 saturated heterocycles. The van der Waals surface area contributed by atoms with E-state index in [9.17, 15) is 0 Å². The number of hydrogen-bond donors (Lipinski definition) is 0. The van der Waals surface area contributed by atoms with Crippen LogP contribution in [0.1, 0.15) is 26.7 Å². The Bertz CT molecular complexity index is 153. The van der Waals surface area contributed by atoms with E-state index >= 15 is 0 Å². The Kier molecular flexibility index (Phi) is 3.19. The molecule has 1 heteroatoms. The molecular weight excluding hydrogens is 146 g/mol. The van der Waals surface area contributed by atoms with Gasteiger partial charge in [-0.25, -0.2) is 0 Å². The Morgan fingerprint density at radius 2 is 2.08 bits per heavy atom. The third-order valence-electron chi connectivity index (χ3n) is 3.12. The van der Waals surface area contributed by atoms with Crippen molar-refractivity contribution in [2.75, 3.05) is 13.6 Å². The van der Waals surface area contributed by atoms with Crippen LogP contribution in [0.4, 0.5) is 0 Å². The van der Waals surface area contributed by atoms with Crippen LogP contribution in [-0.2, 0) is 0 Å². The van der Waals surface area contributed by atoms with E-state index in [4.69, 9.17) is 0 Å². The summed E-state index contributed by atoms with van der Waals surface area (Å²) in [6.45, 7) is 9.71. The quantitative estimate of drug-likeness (QED) is 0.624. The van der Waals surface area contributed by atoms with Gasteiger partial charge >= 0.3 is 0 Å². The summed E-state index contributed by atoms with van der Waals surface area (Å²) in [6.07, 6.45) is 4.74. The van der Waals surface area contributed by atoms with Gasteiger partial charge in [-0.15, -0.1) is 0 Å². The molecule has 0 spiro atoms. The third-order valence-corrected chi connectivity index (χ3v) is 3.12. The highest BCUT2D eigenvalue weighted by Crippen LogP contribution is 2.35. The first-order valence-electron chi connectivity index (χ1n) is 4.96. The summed E-state index contributed by atoms with van der Waals surface area (Å²) in [5.41, 5.74) is 0. The molecule has 0 aromatic heterocycles. The SMILES string of the molecule is C=CN(C)CC1CC(C)CC1C. The molecule has 0 amide bonds. The second-order valence-electron chi connectivity index (χ2n) is 4.44. The summed E-state index contributed by atoms with van der Waals surface area (Å²) in [6, 6.07) is 0. The predicted molar refractivity (Wildman–Crippen MR) is 53.9 cm³/mol. The Morgan fingerprint density at radius 1 is 1.42 bits per heavy atom. The van der Waals surface area contributed by atoms with Crippen LogP contribution < -0.4 is 0 Å². The number of rotatable bonds is 3. The smallest absolute Gasteiger partial charge is 0.0200 e. The second kappa shape index (κ2) is 3.97. The lowest BCUT2D eigenvalue weighted by atomic mass is 9.98. The van der Waals surface area contributed by atoms with Gasteiger partial charge in [0.05, 0.1) is 0 Å². The molecule has 0 aliphatic heterocycles. The monoisotopic (exact) mass is 167 g/mol. The summed E-state index contributed by atoms with van der Waals surface area (Å²) in [5, 5.41) is 0. The Morgan fingerprint density at radius 3 is 2.50 bits per heavy atom. The maximum atomic E-state index is 3.77. The molecule has 0 aromatic carbocycles. The molecule has 1 rings (SSSR count). The molecule has 1 saturated carbocycles. The summed E-state index contributed by atoms with van der Waals surface area (Å²) in [5.74, 6) is 2.73. The molecule has 1 aliphatic carbocycles. The molecule has 0 aromatic rings. The average molecular weight is 167 g/mol. The fraction of sp³-hybridized carbons (Fsp3) is 0.818. The molecular formula is C11H21N. The van der Waals surface area contributed by atoms with Gasteiger partial charge in [-0.05, 0) is 36.8 Å². The number of nitrogens with zero attached hydrogens (tertiary/aromatic N) is 1. The molecule has 1 nitrogen and oxygen atoms in total. The van der Waals surface area contributed by atoms with Crippen LogP contribution in [0.2, 0.25) is 0 Å². The lowest BCUT2D eigenvalue weighted by molar-refractivity contribution is 0.307. The van der Waals surface area contributed by atoms with Crippen molar-refractivity contribution in [3.8, 4) is 0 Å². The van der Waals surface area contributed by atoms with Gasteiger partial charge in [0.2, 0.25) is 0 Å². The van der Waals surface area contributed by atoms with Crippen molar-refractivity contribution in [2.45, 2.75) is 26.7 Å². The van der Waals surface area contributed by atoms with Gasteiger partial charge in [-0.1, -0.05) is 20.4 Å². The van der Waals surface area contributed by atoms with Gasteiger partial charge in [-0.3, -0.25) is 0 Å². The first-order chi connectivity index (χ1) is 5.63. The van der Waals surface area contributed by atoms with Crippen molar-refractivity contribution in [3.63, 3.8) is 0 Å². The largest absolute Gasteiger partial charge is 0.381 e. The average Bonchev–Trinajstić information content (AvgIpc) is 2.30. The van der Waals surface area contributed by atoms with Crippen molar-refractivity contribution in [1.82, 2.24) is 4.90 Å². The van der Waals surface area contributed by atoms with Crippen molar-refractivity contribution in [3.05, 3.63) is 12.8 Å². The predicted octanol–water partition coefficient (Wildman–Crippen LogP) is 2.74. The molecule has 3 atom stereocenters. The van der Waals surface area contributed by atoms with E-state index in [1.807, 2.05) is 6.20 Å². The lowest BCUT2D eigenvalue weighted by Crippen LogP contribution is -2.22. The Hall–Kier alpha value is -0.460.